The first-order valence-electron chi connectivity index (χ1n) is 24.0. The maximum absolute atomic E-state index is 6.23. The third kappa shape index (κ3) is 7.29. The van der Waals surface area contributed by atoms with Gasteiger partial charge in [-0.05, 0) is 163 Å². The molecule has 0 nitrogen and oxygen atoms in total. The van der Waals surface area contributed by atoms with Gasteiger partial charge in [-0.1, -0.05) is 212 Å². The molecule has 0 amide bonds. The molecule has 0 heteroatoms. The predicted molar refractivity (Wildman–Crippen MR) is 306 cm³/mol. The average Bonchev–Trinajstić information content (AvgIpc) is 3.45. The molecule has 12 aromatic rings. The average molecular weight is 907 g/mol. The third-order valence-electron chi connectivity index (χ3n) is 14.2. The summed E-state index contributed by atoms with van der Waals surface area (Å²) in [6, 6.07) is 82.5. The highest BCUT2D eigenvalue weighted by atomic mass is 14.2. The van der Waals surface area contributed by atoms with E-state index in [1.165, 1.54) is 76.5 Å². The van der Waals surface area contributed by atoms with E-state index in [0.29, 0.717) is 22.3 Å². The Labute approximate surface area is 420 Å². The molecule has 0 atom stereocenters. The molecule has 0 unspecified atom stereocenters. The Balaban J connectivity index is 1.08. The molecule has 0 aliphatic carbocycles. The fourth-order valence-electron chi connectivity index (χ4n) is 10.9. The van der Waals surface area contributed by atoms with Gasteiger partial charge in [-0.3, -0.25) is 0 Å². The second-order valence-electron chi connectivity index (χ2n) is 18.1. The monoisotopic (exact) mass is 906 g/mol. The maximum atomic E-state index is 6.23. The summed E-state index contributed by atoms with van der Waals surface area (Å²) in [7, 11) is 0. The molecule has 12 rings (SSSR count). The minimum Gasteiger partial charge on any atom is -0.115 e. The molecular weight excluding hydrogens is 865 g/mol. The smallest absolute Gasteiger partial charge is 0.0477 e. The van der Waals surface area contributed by atoms with Crippen LogP contribution in [0.15, 0.2) is 231 Å². The Morgan fingerprint density at radius 3 is 1.11 bits per heavy atom. The quantitative estimate of drug-likeness (QED) is 0.110. The van der Waals surface area contributed by atoms with Crippen LogP contribution in [0, 0.1) is 49.4 Å². The highest BCUT2D eigenvalue weighted by Crippen LogP contribution is 2.47. The second kappa shape index (κ2) is 18.1. The van der Waals surface area contributed by atoms with Gasteiger partial charge < -0.3 is 0 Å². The fraction of sp³-hybridized carbons (Fsp3) is 0. The molecule has 72 heavy (non-hydrogen) atoms. The Bertz CT molecular complexity index is 4210. The summed E-state index contributed by atoms with van der Waals surface area (Å²) in [6.45, 7) is 0. The van der Waals surface area contributed by atoms with E-state index < -0.39 is 0 Å². The zero-order chi connectivity index (χ0) is 48.7. The Hall–Kier alpha value is -10.1. The lowest BCUT2D eigenvalue weighted by molar-refractivity contribution is 1.51. The topological polar surface area (TPSA) is 0 Å². The molecule has 0 aliphatic heterocycles. The van der Waals surface area contributed by atoms with Crippen LogP contribution in [0.5, 0.6) is 0 Å². The predicted octanol–water partition coefficient (Wildman–Crippen LogP) is 17.9. The van der Waals surface area contributed by atoms with Crippen molar-refractivity contribution >= 4 is 43.1 Å². The van der Waals surface area contributed by atoms with Gasteiger partial charge >= 0.3 is 0 Å². The normalized spacial score (nSPS) is 11.0. The van der Waals surface area contributed by atoms with Gasteiger partial charge in [-0.15, -0.1) is 25.7 Å². The molecule has 0 N–H and O–H groups in total. The SMILES string of the molecule is C#Cc1cccc(-c2ccc(-c3cccc(-c4c5ccccc5c(-c5cc(-c6cccc7ccccc67)cc(-c6cccc7ccccc67)c5)c5ccccc45)c3)cc2-c2cccc(C#C)c2C#C)c1C#C. The first-order chi connectivity index (χ1) is 35.5. The largest absolute Gasteiger partial charge is 0.115 e. The van der Waals surface area contributed by atoms with Crippen molar-refractivity contribution in [1.29, 1.82) is 0 Å². The van der Waals surface area contributed by atoms with Crippen LogP contribution >= 0.6 is 0 Å². The van der Waals surface area contributed by atoms with E-state index >= 15 is 0 Å². The van der Waals surface area contributed by atoms with Crippen LogP contribution < -0.4 is 0 Å². The lowest BCUT2D eigenvalue weighted by Crippen LogP contribution is -1.96. The van der Waals surface area contributed by atoms with E-state index in [1.54, 1.807) is 0 Å². The standard InChI is InChI=1S/C72H42/c1-5-47-24-18-38-63(57(47)7-3)65-41-40-52(46-70(65)64-39-19-25-48(6-2)58(64)8-4)51-28-17-29-53(42-51)71-66-32-13-15-34-68(66)72(69-35-16-14-33-67(69)71)56-44-54(61-36-20-26-49-22-9-11-30-59(49)61)43-55(45-56)62-37-21-27-50-23-10-12-31-60(50)62/h1-4,9-46H. The van der Waals surface area contributed by atoms with Crippen molar-refractivity contribution in [3.63, 3.8) is 0 Å². The summed E-state index contributed by atoms with van der Waals surface area (Å²) in [5.41, 5.74) is 17.5. The fourth-order valence-corrected chi connectivity index (χ4v) is 10.9. The van der Waals surface area contributed by atoms with Gasteiger partial charge in [0, 0.05) is 22.3 Å². The molecule has 0 aromatic heterocycles. The van der Waals surface area contributed by atoms with Crippen LogP contribution in [0.4, 0.5) is 0 Å². The first-order valence-corrected chi connectivity index (χ1v) is 24.0. The Morgan fingerprint density at radius 2 is 0.597 bits per heavy atom. The van der Waals surface area contributed by atoms with Crippen LogP contribution in [0.3, 0.4) is 0 Å². The van der Waals surface area contributed by atoms with Gasteiger partial charge in [0.15, 0.2) is 0 Å². The lowest BCUT2D eigenvalue weighted by Gasteiger charge is -2.20. The van der Waals surface area contributed by atoms with Crippen molar-refractivity contribution in [2.24, 2.45) is 0 Å². The van der Waals surface area contributed by atoms with E-state index in [4.69, 9.17) is 25.7 Å². The number of hydrogen-bond acceptors (Lipinski definition) is 0. The van der Waals surface area contributed by atoms with Gasteiger partial charge in [-0.2, -0.15) is 0 Å². The highest BCUT2D eigenvalue weighted by Gasteiger charge is 2.21. The minimum atomic E-state index is 0.646. The zero-order valence-electron chi connectivity index (χ0n) is 39.2. The first kappa shape index (κ1) is 43.2. The molecule has 0 radical (unpaired) electrons. The van der Waals surface area contributed by atoms with Crippen molar-refractivity contribution in [2.75, 3.05) is 0 Å². The van der Waals surface area contributed by atoms with Crippen LogP contribution in [-0.4, -0.2) is 0 Å². The number of fused-ring (bicyclic) bond motifs is 4. The highest BCUT2D eigenvalue weighted by molar-refractivity contribution is 6.22. The maximum Gasteiger partial charge on any atom is 0.0477 e. The lowest BCUT2D eigenvalue weighted by atomic mass is 9.83. The van der Waals surface area contributed by atoms with Crippen molar-refractivity contribution < 1.29 is 0 Å². The van der Waals surface area contributed by atoms with E-state index in [2.05, 4.69) is 218 Å². The molecule has 12 aromatic carbocycles. The molecule has 0 spiro atoms. The van der Waals surface area contributed by atoms with Crippen LogP contribution in [0.2, 0.25) is 0 Å². The summed E-state index contributed by atoms with van der Waals surface area (Å²) in [6.07, 6.45) is 24.4. The van der Waals surface area contributed by atoms with Crippen molar-refractivity contribution in [3.05, 3.63) is 253 Å². The van der Waals surface area contributed by atoms with E-state index in [-0.39, 0.29) is 0 Å². The molecule has 0 fully saturated rings. The molecule has 0 bridgehead atoms. The van der Waals surface area contributed by atoms with Crippen molar-refractivity contribution in [3.8, 4) is 127 Å². The van der Waals surface area contributed by atoms with Crippen LogP contribution in [-0.2, 0) is 0 Å². The molecule has 0 aliphatic rings. The summed E-state index contributed by atoms with van der Waals surface area (Å²) in [5.74, 6) is 11.4. The van der Waals surface area contributed by atoms with Crippen LogP contribution in [0.25, 0.3) is 121 Å². The third-order valence-corrected chi connectivity index (χ3v) is 14.2. The van der Waals surface area contributed by atoms with E-state index in [1.807, 2.05) is 36.4 Å². The number of benzene rings is 12. The molecule has 0 heterocycles. The van der Waals surface area contributed by atoms with Crippen LogP contribution in [0.1, 0.15) is 22.3 Å². The van der Waals surface area contributed by atoms with Crippen molar-refractivity contribution in [1.82, 2.24) is 0 Å². The summed E-state index contributed by atoms with van der Waals surface area (Å²) in [5, 5.41) is 9.56. The Morgan fingerprint density at radius 1 is 0.222 bits per heavy atom. The summed E-state index contributed by atoms with van der Waals surface area (Å²) < 4.78 is 0. The molecule has 0 saturated heterocycles. The minimum absolute atomic E-state index is 0.646. The molecule has 330 valence electrons. The molecular formula is C72H42. The van der Waals surface area contributed by atoms with Gasteiger partial charge in [0.2, 0.25) is 0 Å². The van der Waals surface area contributed by atoms with Gasteiger partial charge in [0.05, 0.1) is 0 Å². The van der Waals surface area contributed by atoms with Gasteiger partial charge in [0.25, 0.3) is 0 Å². The number of hydrogen-bond donors (Lipinski definition) is 0. The zero-order valence-corrected chi connectivity index (χ0v) is 39.2. The van der Waals surface area contributed by atoms with Gasteiger partial charge in [-0.25, -0.2) is 0 Å². The number of terminal acetylenes is 4. The summed E-state index contributed by atoms with van der Waals surface area (Å²) in [4.78, 5) is 0. The number of rotatable bonds is 7. The summed E-state index contributed by atoms with van der Waals surface area (Å²) >= 11 is 0. The van der Waals surface area contributed by atoms with Crippen molar-refractivity contribution in [2.45, 2.75) is 0 Å². The van der Waals surface area contributed by atoms with E-state index in [9.17, 15) is 0 Å². The molecule has 0 saturated carbocycles. The Kier molecular flexibility index (Phi) is 10.9. The second-order valence-corrected chi connectivity index (χ2v) is 18.1. The van der Waals surface area contributed by atoms with Gasteiger partial charge in [0.1, 0.15) is 0 Å². The van der Waals surface area contributed by atoms with E-state index in [0.717, 1.165) is 44.5 Å².